The monoisotopic (exact) mass is 354 g/mol. The van der Waals surface area contributed by atoms with Gasteiger partial charge in [0.05, 0.1) is 16.9 Å². The van der Waals surface area contributed by atoms with E-state index < -0.39 is 23.2 Å². The molecule has 0 atom stereocenters. The maximum atomic E-state index is 14.0. The fourth-order valence-corrected chi connectivity index (χ4v) is 2.46. The zero-order chi connectivity index (χ0) is 18.2. The highest BCUT2D eigenvalue weighted by Gasteiger charge is 2.35. The molecule has 0 bridgehead atoms. The Morgan fingerprint density at radius 3 is 2.48 bits per heavy atom. The minimum absolute atomic E-state index is 0.0569. The van der Waals surface area contributed by atoms with Gasteiger partial charge in [-0.1, -0.05) is 6.07 Å². The highest BCUT2D eigenvalue weighted by atomic mass is 19.4. The number of para-hydroxylation sites is 1. The number of nitrogens with zero attached hydrogens (tertiary/aromatic N) is 2. The number of anilines is 3. The lowest BCUT2D eigenvalue weighted by Crippen LogP contribution is -2.15. The zero-order valence-corrected chi connectivity index (χ0v) is 13.8. The Bertz CT molecular complexity index is 770. The number of alkyl halides is 3. The van der Waals surface area contributed by atoms with Crippen LogP contribution in [0.3, 0.4) is 0 Å². The third-order valence-corrected chi connectivity index (χ3v) is 3.73. The van der Waals surface area contributed by atoms with Crippen LogP contribution < -0.4 is 10.6 Å². The third-order valence-electron chi connectivity index (χ3n) is 3.73. The molecule has 0 saturated heterocycles. The Morgan fingerprint density at radius 1 is 1.16 bits per heavy atom. The maximum absolute atomic E-state index is 14.0. The van der Waals surface area contributed by atoms with Crippen LogP contribution in [-0.2, 0) is 6.18 Å². The van der Waals surface area contributed by atoms with Crippen LogP contribution in [-0.4, -0.2) is 16.0 Å². The molecule has 1 aliphatic rings. The van der Waals surface area contributed by atoms with E-state index in [-0.39, 0.29) is 17.8 Å². The van der Waals surface area contributed by atoms with Gasteiger partial charge in [-0.15, -0.1) is 0 Å². The molecule has 2 aromatic rings. The lowest BCUT2D eigenvalue weighted by atomic mass is 10.1. The SMILES string of the molecule is CC(C)Nc1nc(Nc2c(F)cccc2C(F)(F)F)cc(C2CC2)n1. The first-order chi connectivity index (χ1) is 11.7. The standard InChI is InChI=1S/C17H18F4N4/c1-9(2)22-16-23-13(10-6-7-10)8-14(25-16)24-15-11(17(19,20)21)4-3-5-12(15)18/h3-5,8-10H,6-7H2,1-2H3,(H2,22,23,24,25). The van der Waals surface area contributed by atoms with Gasteiger partial charge in [-0.25, -0.2) is 9.37 Å². The van der Waals surface area contributed by atoms with Crippen LogP contribution >= 0.6 is 0 Å². The van der Waals surface area contributed by atoms with E-state index in [0.29, 0.717) is 5.95 Å². The summed E-state index contributed by atoms with van der Waals surface area (Å²) in [6.07, 6.45) is -2.72. The molecule has 2 N–H and O–H groups in total. The van der Waals surface area contributed by atoms with E-state index in [2.05, 4.69) is 20.6 Å². The summed E-state index contributed by atoms with van der Waals surface area (Å²) in [6.45, 7) is 3.80. The molecule has 25 heavy (non-hydrogen) atoms. The molecule has 4 nitrogen and oxygen atoms in total. The van der Waals surface area contributed by atoms with Gasteiger partial charge >= 0.3 is 6.18 Å². The van der Waals surface area contributed by atoms with Crippen LogP contribution in [0.25, 0.3) is 0 Å². The van der Waals surface area contributed by atoms with Crippen LogP contribution in [0.2, 0.25) is 0 Å². The van der Waals surface area contributed by atoms with Gasteiger partial charge in [-0.05, 0) is 38.8 Å². The first-order valence-corrected chi connectivity index (χ1v) is 8.02. The fraction of sp³-hybridized carbons (Fsp3) is 0.412. The van der Waals surface area contributed by atoms with Gasteiger partial charge in [0.2, 0.25) is 5.95 Å². The minimum atomic E-state index is -4.67. The Balaban J connectivity index is 1.99. The minimum Gasteiger partial charge on any atom is -0.352 e. The fourth-order valence-electron chi connectivity index (χ4n) is 2.46. The zero-order valence-electron chi connectivity index (χ0n) is 13.8. The van der Waals surface area contributed by atoms with Gasteiger partial charge in [0.1, 0.15) is 11.6 Å². The molecule has 8 heteroatoms. The molecule has 134 valence electrons. The Labute approximate surface area is 142 Å². The molecule has 1 heterocycles. The summed E-state index contributed by atoms with van der Waals surface area (Å²) in [5.41, 5.74) is -0.964. The number of rotatable bonds is 5. The molecule has 1 aromatic heterocycles. The van der Waals surface area contributed by atoms with Crippen LogP contribution in [0.15, 0.2) is 24.3 Å². The molecule has 3 rings (SSSR count). The van der Waals surface area contributed by atoms with Crippen molar-refractivity contribution >= 4 is 17.5 Å². The largest absolute Gasteiger partial charge is 0.418 e. The normalized spacial score (nSPS) is 14.7. The van der Waals surface area contributed by atoms with E-state index >= 15 is 0 Å². The van der Waals surface area contributed by atoms with Crippen molar-refractivity contribution in [2.45, 2.75) is 44.8 Å². The molecule has 0 spiro atoms. The third kappa shape index (κ3) is 4.18. The molecule has 1 fully saturated rings. The van der Waals surface area contributed by atoms with Gasteiger partial charge in [0.25, 0.3) is 0 Å². The lowest BCUT2D eigenvalue weighted by Gasteiger charge is -2.16. The van der Waals surface area contributed by atoms with Crippen molar-refractivity contribution in [3.63, 3.8) is 0 Å². The van der Waals surface area contributed by atoms with Crippen molar-refractivity contribution < 1.29 is 17.6 Å². The van der Waals surface area contributed by atoms with Crippen LogP contribution in [0.1, 0.15) is 43.9 Å². The Kier molecular flexibility index (Phi) is 4.53. The van der Waals surface area contributed by atoms with Gasteiger partial charge < -0.3 is 10.6 Å². The molecule has 0 radical (unpaired) electrons. The van der Waals surface area contributed by atoms with Gasteiger partial charge in [0.15, 0.2) is 0 Å². The molecular weight excluding hydrogens is 336 g/mol. The first kappa shape index (κ1) is 17.4. The molecule has 1 saturated carbocycles. The number of halogens is 4. The average Bonchev–Trinajstić information content (AvgIpc) is 3.32. The van der Waals surface area contributed by atoms with Gasteiger partial charge in [0, 0.05) is 18.0 Å². The number of nitrogens with one attached hydrogen (secondary N) is 2. The quantitative estimate of drug-likeness (QED) is 0.736. The average molecular weight is 354 g/mol. The topological polar surface area (TPSA) is 49.8 Å². The predicted octanol–water partition coefficient (Wildman–Crippen LogP) is 5.08. The van der Waals surface area contributed by atoms with Gasteiger partial charge in [-0.3, -0.25) is 0 Å². The molecule has 1 aliphatic carbocycles. The lowest BCUT2D eigenvalue weighted by molar-refractivity contribution is -0.137. The molecule has 0 aliphatic heterocycles. The van der Waals surface area contributed by atoms with E-state index in [4.69, 9.17) is 0 Å². The number of hydrogen-bond donors (Lipinski definition) is 2. The summed E-state index contributed by atoms with van der Waals surface area (Å²) in [4.78, 5) is 8.57. The van der Waals surface area contributed by atoms with Gasteiger partial charge in [-0.2, -0.15) is 18.2 Å². The number of hydrogen-bond acceptors (Lipinski definition) is 4. The summed E-state index contributed by atoms with van der Waals surface area (Å²) in [5, 5.41) is 5.53. The second kappa shape index (κ2) is 6.50. The summed E-state index contributed by atoms with van der Waals surface area (Å²) >= 11 is 0. The van der Waals surface area contributed by atoms with Crippen molar-refractivity contribution in [3.05, 3.63) is 41.3 Å². The van der Waals surface area contributed by atoms with Crippen molar-refractivity contribution in [3.8, 4) is 0 Å². The smallest absolute Gasteiger partial charge is 0.352 e. The molecule has 1 aromatic carbocycles. The van der Waals surface area contributed by atoms with Crippen LogP contribution in [0.5, 0.6) is 0 Å². The van der Waals surface area contributed by atoms with Crippen molar-refractivity contribution in [2.75, 3.05) is 10.6 Å². The van der Waals surface area contributed by atoms with E-state index in [0.717, 1.165) is 36.7 Å². The van der Waals surface area contributed by atoms with E-state index in [9.17, 15) is 17.6 Å². The van der Waals surface area contributed by atoms with E-state index in [1.165, 1.54) is 0 Å². The van der Waals surface area contributed by atoms with Crippen molar-refractivity contribution in [2.24, 2.45) is 0 Å². The van der Waals surface area contributed by atoms with Crippen LogP contribution in [0.4, 0.5) is 35.0 Å². The number of benzene rings is 1. The Hall–Kier alpha value is -2.38. The molecule has 0 unspecified atom stereocenters. The van der Waals surface area contributed by atoms with Crippen LogP contribution in [0, 0.1) is 5.82 Å². The summed E-state index contributed by atoms with van der Waals surface area (Å²) in [6, 6.07) is 4.48. The van der Waals surface area contributed by atoms with E-state index in [1.807, 2.05) is 13.8 Å². The highest BCUT2D eigenvalue weighted by molar-refractivity contribution is 5.63. The number of aromatic nitrogens is 2. The summed E-state index contributed by atoms with van der Waals surface area (Å²) < 4.78 is 53.5. The highest BCUT2D eigenvalue weighted by Crippen LogP contribution is 2.41. The summed E-state index contributed by atoms with van der Waals surface area (Å²) in [7, 11) is 0. The Morgan fingerprint density at radius 2 is 1.88 bits per heavy atom. The molecular formula is C17H18F4N4. The predicted molar refractivity (Wildman–Crippen MR) is 87.5 cm³/mol. The molecule has 0 amide bonds. The van der Waals surface area contributed by atoms with Crippen molar-refractivity contribution in [1.82, 2.24) is 9.97 Å². The van der Waals surface area contributed by atoms with Crippen molar-refractivity contribution in [1.29, 1.82) is 0 Å². The second-order valence-corrected chi connectivity index (χ2v) is 6.36. The maximum Gasteiger partial charge on any atom is 0.418 e. The first-order valence-electron chi connectivity index (χ1n) is 8.02. The van der Waals surface area contributed by atoms with E-state index in [1.54, 1.807) is 6.07 Å². The summed E-state index contributed by atoms with van der Waals surface area (Å²) in [5.74, 6) is -0.263. The second-order valence-electron chi connectivity index (χ2n) is 6.36.